The number of hydrogen-bond donors (Lipinski definition) is 2. The number of aromatic amines is 1. The van der Waals surface area contributed by atoms with Crippen LogP contribution in [0.15, 0.2) is 28.2 Å². The smallest absolute Gasteiger partial charge is 0.343 e. The maximum absolute atomic E-state index is 11.3. The fraction of sp³-hybridized carbons (Fsp3) is 0.385. The molecular weight excluding hydrogens is 276 g/mol. The Morgan fingerprint density at radius 1 is 1.55 bits per heavy atom. The Balaban J connectivity index is 2.21. The highest BCUT2D eigenvalue weighted by Gasteiger charge is 2.10. The van der Waals surface area contributed by atoms with Crippen LogP contribution in [0.1, 0.15) is 24.1 Å². The van der Waals surface area contributed by atoms with Crippen molar-refractivity contribution in [1.29, 1.82) is 0 Å². The van der Waals surface area contributed by atoms with E-state index in [9.17, 15) is 4.79 Å². The Bertz CT molecular complexity index is 648. The molecule has 0 aliphatic carbocycles. The van der Waals surface area contributed by atoms with Gasteiger partial charge in [0.25, 0.3) is 0 Å². The minimum atomic E-state index is -0.219. The fourth-order valence-corrected chi connectivity index (χ4v) is 2.70. The van der Waals surface area contributed by atoms with E-state index in [0.29, 0.717) is 10.9 Å². The summed E-state index contributed by atoms with van der Waals surface area (Å²) in [6.07, 6.45) is 0. The molecule has 0 bridgehead atoms. The van der Waals surface area contributed by atoms with Crippen LogP contribution in [-0.2, 0) is 12.8 Å². The number of nitrogens with two attached hydrogens (primary N) is 1. The van der Waals surface area contributed by atoms with Crippen LogP contribution < -0.4 is 16.2 Å². The zero-order valence-electron chi connectivity index (χ0n) is 11.7. The van der Waals surface area contributed by atoms with Crippen molar-refractivity contribution < 1.29 is 4.74 Å². The number of rotatable bonds is 5. The first-order valence-electron chi connectivity index (χ1n) is 6.19. The molecule has 3 N–H and O–H groups in total. The van der Waals surface area contributed by atoms with Crippen molar-refractivity contribution in [2.75, 3.05) is 7.11 Å². The monoisotopic (exact) mass is 294 g/mol. The molecule has 7 heteroatoms. The van der Waals surface area contributed by atoms with Crippen LogP contribution in [0.4, 0.5) is 0 Å². The lowest BCUT2D eigenvalue weighted by atomic mass is 10.1. The largest absolute Gasteiger partial charge is 0.496 e. The normalized spacial score (nSPS) is 12.4. The molecule has 1 atom stereocenters. The van der Waals surface area contributed by atoms with Crippen molar-refractivity contribution in [3.05, 3.63) is 39.8 Å². The summed E-state index contributed by atoms with van der Waals surface area (Å²) in [6.45, 7) is 1.94. The predicted molar refractivity (Wildman–Crippen MR) is 79.0 cm³/mol. The summed E-state index contributed by atoms with van der Waals surface area (Å²) in [6, 6.07) is 5.88. The summed E-state index contributed by atoms with van der Waals surface area (Å²) in [5.41, 5.74) is 7.76. The second-order valence-corrected chi connectivity index (χ2v) is 5.46. The lowest BCUT2D eigenvalue weighted by Crippen LogP contribution is -2.12. The highest BCUT2D eigenvalue weighted by Crippen LogP contribution is 2.28. The van der Waals surface area contributed by atoms with E-state index in [4.69, 9.17) is 10.5 Å². The number of nitrogens with zero attached hydrogens (tertiary/aromatic N) is 2. The van der Waals surface area contributed by atoms with Crippen molar-refractivity contribution in [2.24, 2.45) is 12.8 Å². The second-order valence-electron chi connectivity index (χ2n) is 4.52. The molecule has 2 aromatic rings. The van der Waals surface area contributed by atoms with Crippen molar-refractivity contribution >= 4 is 11.8 Å². The van der Waals surface area contributed by atoms with Gasteiger partial charge in [-0.05, 0) is 24.6 Å². The molecule has 1 heterocycles. The molecule has 0 saturated carbocycles. The average molecular weight is 294 g/mol. The molecule has 2 rings (SSSR count). The van der Waals surface area contributed by atoms with Crippen LogP contribution in [0.3, 0.4) is 0 Å². The molecular formula is C13H18N4O2S. The molecule has 0 saturated heterocycles. The molecule has 108 valence electrons. The second kappa shape index (κ2) is 6.15. The molecule has 0 radical (unpaired) electrons. The van der Waals surface area contributed by atoms with Gasteiger partial charge in [-0.2, -0.15) is 0 Å². The number of ether oxygens (including phenoxy) is 1. The van der Waals surface area contributed by atoms with Crippen molar-refractivity contribution in [2.45, 2.75) is 23.9 Å². The Morgan fingerprint density at radius 3 is 2.85 bits per heavy atom. The molecule has 0 aliphatic rings. The lowest BCUT2D eigenvalue weighted by molar-refractivity contribution is 0.411. The first-order valence-corrected chi connectivity index (χ1v) is 7.18. The van der Waals surface area contributed by atoms with Gasteiger partial charge in [-0.1, -0.05) is 17.8 Å². The third-order valence-electron chi connectivity index (χ3n) is 3.03. The van der Waals surface area contributed by atoms with E-state index < -0.39 is 0 Å². The van der Waals surface area contributed by atoms with E-state index in [-0.39, 0.29) is 11.7 Å². The lowest BCUT2D eigenvalue weighted by Gasteiger charge is -2.12. The maximum atomic E-state index is 11.3. The topological polar surface area (TPSA) is 85.9 Å². The van der Waals surface area contributed by atoms with E-state index in [0.717, 1.165) is 16.9 Å². The predicted octanol–water partition coefficient (Wildman–Crippen LogP) is 1.43. The first-order chi connectivity index (χ1) is 9.52. The average Bonchev–Trinajstić information content (AvgIpc) is 2.76. The molecule has 20 heavy (non-hydrogen) atoms. The molecule has 0 aliphatic heterocycles. The Kier molecular flexibility index (Phi) is 4.51. The van der Waals surface area contributed by atoms with Crippen LogP contribution in [0, 0.1) is 0 Å². The van der Waals surface area contributed by atoms with Gasteiger partial charge in [0, 0.05) is 24.4 Å². The molecule has 0 amide bonds. The van der Waals surface area contributed by atoms with Crippen LogP contribution >= 0.6 is 11.8 Å². The van der Waals surface area contributed by atoms with E-state index in [1.165, 1.54) is 16.3 Å². The highest BCUT2D eigenvalue weighted by atomic mass is 32.2. The molecule has 6 nitrogen and oxygen atoms in total. The van der Waals surface area contributed by atoms with E-state index in [1.807, 2.05) is 25.1 Å². The van der Waals surface area contributed by atoms with Gasteiger partial charge in [0.15, 0.2) is 5.16 Å². The summed E-state index contributed by atoms with van der Waals surface area (Å²) in [5.74, 6) is 1.46. The fourth-order valence-electron chi connectivity index (χ4n) is 1.80. The van der Waals surface area contributed by atoms with Gasteiger partial charge in [-0.25, -0.2) is 9.89 Å². The number of methoxy groups -OCH3 is 1. The number of thioether (sulfide) groups is 1. The summed E-state index contributed by atoms with van der Waals surface area (Å²) in [7, 11) is 3.32. The first kappa shape index (κ1) is 14.7. The summed E-state index contributed by atoms with van der Waals surface area (Å²) in [4.78, 5) is 11.3. The molecule has 1 unspecified atom stereocenters. The number of nitrogens with one attached hydrogen (secondary N) is 1. The van der Waals surface area contributed by atoms with Gasteiger partial charge in [0.2, 0.25) is 0 Å². The van der Waals surface area contributed by atoms with Crippen LogP contribution in [-0.4, -0.2) is 21.9 Å². The van der Waals surface area contributed by atoms with Crippen molar-refractivity contribution in [3.8, 4) is 5.75 Å². The van der Waals surface area contributed by atoms with E-state index >= 15 is 0 Å². The zero-order chi connectivity index (χ0) is 14.7. The number of hydrogen-bond acceptors (Lipinski definition) is 5. The maximum Gasteiger partial charge on any atom is 0.343 e. The van der Waals surface area contributed by atoms with Crippen molar-refractivity contribution in [3.63, 3.8) is 0 Å². The van der Waals surface area contributed by atoms with Gasteiger partial charge in [-0.15, -0.1) is 5.10 Å². The minimum Gasteiger partial charge on any atom is -0.496 e. The van der Waals surface area contributed by atoms with Crippen LogP contribution in [0.5, 0.6) is 5.75 Å². The summed E-state index contributed by atoms with van der Waals surface area (Å²) < 4.78 is 6.83. The number of aromatic nitrogens is 3. The zero-order valence-corrected chi connectivity index (χ0v) is 12.5. The summed E-state index contributed by atoms with van der Waals surface area (Å²) in [5, 5.41) is 7.02. The third kappa shape index (κ3) is 3.05. The summed E-state index contributed by atoms with van der Waals surface area (Å²) >= 11 is 1.47. The highest BCUT2D eigenvalue weighted by molar-refractivity contribution is 7.98. The van der Waals surface area contributed by atoms with E-state index in [2.05, 4.69) is 10.2 Å². The van der Waals surface area contributed by atoms with E-state index in [1.54, 1.807) is 14.2 Å². The van der Waals surface area contributed by atoms with Gasteiger partial charge in [-0.3, -0.25) is 4.57 Å². The van der Waals surface area contributed by atoms with Gasteiger partial charge in [0.05, 0.1) is 7.11 Å². The minimum absolute atomic E-state index is 0.0283. The van der Waals surface area contributed by atoms with Gasteiger partial charge < -0.3 is 10.5 Å². The Morgan fingerprint density at radius 2 is 2.30 bits per heavy atom. The van der Waals surface area contributed by atoms with Gasteiger partial charge in [0.1, 0.15) is 5.75 Å². The molecule has 1 aromatic heterocycles. The standard InChI is InChI=1S/C13H18N4O2S/c1-8(14)9-4-5-11(19-3)10(6-9)7-20-13-16-15-12(18)17(13)2/h4-6,8H,7,14H2,1-3H3,(H,15,18). The molecule has 1 aromatic carbocycles. The van der Waals surface area contributed by atoms with Gasteiger partial charge >= 0.3 is 5.69 Å². The number of benzene rings is 1. The quantitative estimate of drug-likeness (QED) is 0.815. The molecule has 0 spiro atoms. The van der Waals surface area contributed by atoms with Crippen molar-refractivity contribution in [1.82, 2.24) is 14.8 Å². The SMILES string of the molecule is COc1ccc(C(C)N)cc1CSc1n[nH]c(=O)n1C. The third-order valence-corrected chi connectivity index (χ3v) is 4.10. The van der Waals surface area contributed by atoms with Crippen LogP contribution in [0.2, 0.25) is 0 Å². The molecule has 0 fully saturated rings. The Labute approximate surface area is 121 Å². The number of H-pyrrole nitrogens is 1. The Hall–Kier alpha value is -1.73. The van der Waals surface area contributed by atoms with Crippen LogP contribution in [0.25, 0.3) is 0 Å².